The van der Waals surface area contributed by atoms with Gasteiger partial charge in [-0.2, -0.15) is 13.9 Å². The van der Waals surface area contributed by atoms with E-state index in [0.717, 1.165) is 11.5 Å². The van der Waals surface area contributed by atoms with Gasteiger partial charge in [0.25, 0.3) is 0 Å². The van der Waals surface area contributed by atoms with Gasteiger partial charge < -0.3 is 4.90 Å². The normalized spacial score (nSPS) is 16.0. The number of benzene rings is 1. The number of hydrogen-bond acceptors (Lipinski definition) is 6. The van der Waals surface area contributed by atoms with Crippen LogP contribution in [0.3, 0.4) is 0 Å². The molecule has 0 radical (unpaired) electrons. The third-order valence-electron chi connectivity index (χ3n) is 3.80. The number of anilines is 1. The average molecular weight is 438 g/mol. The fourth-order valence-corrected chi connectivity index (χ4v) is 5.77. The Hall–Kier alpha value is -1.08. The van der Waals surface area contributed by atoms with Crippen LogP contribution in [0, 0.1) is 11.3 Å². The van der Waals surface area contributed by atoms with E-state index < -0.39 is 10.0 Å². The van der Waals surface area contributed by atoms with Crippen molar-refractivity contribution in [3.8, 4) is 6.07 Å². The van der Waals surface area contributed by atoms with E-state index in [2.05, 4.69) is 4.37 Å². The summed E-state index contributed by atoms with van der Waals surface area (Å²) < 4.78 is 31.0. The summed E-state index contributed by atoms with van der Waals surface area (Å²) in [5.41, 5.74) is 0.320. The van der Waals surface area contributed by atoms with Crippen molar-refractivity contribution in [1.82, 2.24) is 8.68 Å². The molecule has 3 rings (SSSR count). The van der Waals surface area contributed by atoms with Gasteiger partial charge in [-0.15, -0.1) is 0 Å². The Kier molecular flexibility index (Phi) is 5.44. The first-order valence-electron chi connectivity index (χ1n) is 7.10. The molecule has 0 bridgehead atoms. The molecule has 132 valence electrons. The average Bonchev–Trinajstić information content (AvgIpc) is 2.98. The first-order chi connectivity index (χ1) is 11.9. The monoisotopic (exact) mass is 436 g/mol. The number of aromatic nitrogens is 1. The van der Waals surface area contributed by atoms with Crippen molar-refractivity contribution in [2.45, 2.75) is 4.90 Å². The van der Waals surface area contributed by atoms with Crippen LogP contribution in [0.15, 0.2) is 23.1 Å². The molecule has 1 aromatic carbocycles. The van der Waals surface area contributed by atoms with E-state index in [1.807, 2.05) is 11.0 Å². The Balaban J connectivity index is 1.80. The van der Waals surface area contributed by atoms with E-state index in [-0.39, 0.29) is 33.2 Å². The van der Waals surface area contributed by atoms with Crippen molar-refractivity contribution in [1.29, 1.82) is 5.26 Å². The molecule has 0 N–H and O–H groups in total. The van der Waals surface area contributed by atoms with E-state index in [1.165, 1.54) is 16.4 Å². The quantitative estimate of drug-likeness (QED) is 0.734. The predicted molar refractivity (Wildman–Crippen MR) is 99.3 cm³/mol. The third-order valence-corrected chi connectivity index (χ3v) is 7.96. The minimum atomic E-state index is -3.74. The summed E-state index contributed by atoms with van der Waals surface area (Å²) >= 11 is 19.0. The zero-order chi connectivity index (χ0) is 18.2. The maximum Gasteiger partial charge on any atom is 0.244 e. The number of sulfonamides is 1. The van der Waals surface area contributed by atoms with Crippen LogP contribution in [0.25, 0.3) is 0 Å². The Morgan fingerprint density at radius 1 is 1.16 bits per heavy atom. The third kappa shape index (κ3) is 3.45. The summed E-state index contributed by atoms with van der Waals surface area (Å²) in [6.45, 7) is 1.35. The highest BCUT2D eigenvalue weighted by Gasteiger charge is 2.32. The SMILES string of the molecule is N#Cc1c(Cl)nsc1N1CCN(S(=O)(=O)c2cccc(Cl)c2Cl)CC1. The lowest BCUT2D eigenvalue weighted by Gasteiger charge is -2.34. The molecule has 2 aromatic rings. The standard InChI is InChI=1S/C14H11Cl3N4O2S2/c15-10-2-1-3-11(12(10)16)25(22,23)21-6-4-20(5-7-21)14-9(8-18)13(17)19-24-14/h1-3H,4-7H2. The van der Waals surface area contributed by atoms with E-state index >= 15 is 0 Å². The highest BCUT2D eigenvalue weighted by Crippen LogP contribution is 2.34. The molecule has 6 nitrogen and oxygen atoms in total. The Morgan fingerprint density at radius 3 is 2.48 bits per heavy atom. The molecule has 0 saturated carbocycles. The Labute approximate surface area is 164 Å². The zero-order valence-corrected chi connectivity index (χ0v) is 16.5. The van der Waals surface area contributed by atoms with E-state index in [4.69, 9.17) is 34.8 Å². The van der Waals surface area contributed by atoms with Crippen LogP contribution in [0.1, 0.15) is 5.56 Å². The van der Waals surface area contributed by atoms with Crippen LogP contribution in [-0.4, -0.2) is 43.3 Å². The van der Waals surface area contributed by atoms with Crippen molar-refractivity contribution in [2.24, 2.45) is 0 Å². The summed E-state index contributed by atoms with van der Waals surface area (Å²) in [4.78, 5) is 1.90. The second-order valence-electron chi connectivity index (χ2n) is 5.21. The molecule has 1 aromatic heterocycles. The van der Waals surface area contributed by atoms with Gasteiger partial charge in [0.15, 0.2) is 5.15 Å². The largest absolute Gasteiger partial charge is 0.358 e. The van der Waals surface area contributed by atoms with Gasteiger partial charge in [0.2, 0.25) is 10.0 Å². The lowest BCUT2D eigenvalue weighted by atomic mass is 10.3. The number of nitrogens with zero attached hydrogens (tertiary/aromatic N) is 4. The van der Waals surface area contributed by atoms with Gasteiger partial charge >= 0.3 is 0 Å². The molecule has 11 heteroatoms. The van der Waals surface area contributed by atoms with Crippen LogP contribution >= 0.6 is 46.3 Å². The molecule has 1 fully saturated rings. The number of halogens is 3. The van der Waals surface area contributed by atoms with Crippen molar-refractivity contribution in [2.75, 3.05) is 31.1 Å². The maximum absolute atomic E-state index is 12.8. The second kappa shape index (κ2) is 7.27. The molecule has 25 heavy (non-hydrogen) atoms. The van der Waals surface area contributed by atoms with Gasteiger partial charge in [0, 0.05) is 26.2 Å². The molecule has 0 atom stereocenters. The molecular formula is C14H11Cl3N4O2S2. The van der Waals surface area contributed by atoms with Crippen LogP contribution in [0.5, 0.6) is 0 Å². The van der Waals surface area contributed by atoms with Crippen LogP contribution in [-0.2, 0) is 10.0 Å². The molecule has 0 aliphatic carbocycles. The lowest BCUT2D eigenvalue weighted by molar-refractivity contribution is 0.385. The van der Waals surface area contributed by atoms with Gasteiger partial charge in [-0.3, -0.25) is 0 Å². The maximum atomic E-state index is 12.8. The second-order valence-corrected chi connectivity index (χ2v) is 9.01. The summed E-state index contributed by atoms with van der Waals surface area (Å²) in [6, 6.07) is 6.56. The van der Waals surface area contributed by atoms with Crippen LogP contribution in [0.2, 0.25) is 15.2 Å². The van der Waals surface area contributed by atoms with Crippen LogP contribution < -0.4 is 4.90 Å². The Bertz CT molecular complexity index is 947. The summed E-state index contributed by atoms with van der Waals surface area (Å²) in [5.74, 6) is 0. The van der Waals surface area contributed by atoms with Gasteiger partial charge in [0.05, 0.1) is 10.0 Å². The van der Waals surface area contributed by atoms with Gasteiger partial charge in [0.1, 0.15) is 21.5 Å². The minimum Gasteiger partial charge on any atom is -0.358 e. The molecule has 2 heterocycles. The first kappa shape index (κ1) is 18.7. The number of piperazine rings is 1. The smallest absolute Gasteiger partial charge is 0.244 e. The topological polar surface area (TPSA) is 77.3 Å². The number of hydrogen-bond donors (Lipinski definition) is 0. The van der Waals surface area contributed by atoms with E-state index in [9.17, 15) is 13.7 Å². The van der Waals surface area contributed by atoms with Crippen molar-refractivity contribution in [3.05, 3.63) is 39.0 Å². The van der Waals surface area contributed by atoms with Crippen molar-refractivity contribution >= 4 is 61.4 Å². The zero-order valence-electron chi connectivity index (χ0n) is 12.6. The number of rotatable bonds is 3. The van der Waals surface area contributed by atoms with Crippen molar-refractivity contribution in [3.63, 3.8) is 0 Å². The fourth-order valence-electron chi connectivity index (χ4n) is 2.53. The molecule has 0 unspecified atom stereocenters. The van der Waals surface area contributed by atoms with Gasteiger partial charge in [-0.1, -0.05) is 40.9 Å². The Morgan fingerprint density at radius 2 is 1.84 bits per heavy atom. The molecule has 1 saturated heterocycles. The summed E-state index contributed by atoms with van der Waals surface area (Å²) in [5, 5.41) is 10.2. The highest BCUT2D eigenvalue weighted by atomic mass is 35.5. The molecule has 1 aliphatic rings. The predicted octanol–water partition coefficient (Wildman–Crippen LogP) is 3.49. The highest BCUT2D eigenvalue weighted by molar-refractivity contribution is 7.89. The van der Waals surface area contributed by atoms with Gasteiger partial charge in [-0.25, -0.2) is 8.42 Å². The first-order valence-corrected chi connectivity index (χ1v) is 10.5. The molecular weight excluding hydrogens is 427 g/mol. The minimum absolute atomic E-state index is 0.00587. The molecule has 0 spiro atoms. The van der Waals surface area contributed by atoms with Crippen molar-refractivity contribution < 1.29 is 8.42 Å². The van der Waals surface area contributed by atoms with E-state index in [0.29, 0.717) is 23.7 Å². The summed E-state index contributed by atoms with van der Waals surface area (Å²) in [7, 11) is -3.74. The lowest BCUT2D eigenvalue weighted by Crippen LogP contribution is -2.48. The van der Waals surface area contributed by atoms with Gasteiger partial charge in [-0.05, 0) is 23.7 Å². The van der Waals surface area contributed by atoms with E-state index in [1.54, 1.807) is 6.07 Å². The molecule has 0 amide bonds. The fraction of sp³-hybridized carbons (Fsp3) is 0.286. The molecule has 1 aliphatic heterocycles. The summed E-state index contributed by atoms with van der Waals surface area (Å²) in [6.07, 6.45) is 0. The van der Waals surface area contributed by atoms with Crippen LogP contribution in [0.4, 0.5) is 5.00 Å². The number of nitriles is 1.